The smallest absolute Gasteiger partial charge is 0.329 e. The summed E-state index contributed by atoms with van der Waals surface area (Å²) < 4.78 is 21.2. The van der Waals surface area contributed by atoms with Gasteiger partial charge in [-0.15, -0.1) is 0 Å². The molecule has 35 heavy (non-hydrogen) atoms. The third kappa shape index (κ3) is 9.72. The topological polar surface area (TPSA) is 137 Å². The number of benzene rings is 2. The van der Waals surface area contributed by atoms with Crippen LogP contribution in [0.15, 0.2) is 47.6 Å². The van der Waals surface area contributed by atoms with Crippen molar-refractivity contribution in [3.63, 3.8) is 0 Å². The van der Waals surface area contributed by atoms with Gasteiger partial charge < -0.3 is 29.6 Å². The van der Waals surface area contributed by atoms with Crippen molar-refractivity contribution in [3.8, 4) is 17.2 Å². The largest absolute Gasteiger partial charge is 0.497 e. The van der Waals surface area contributed by atoms with E-state index in [9.17, 15) is 14.4 Å². The summed E-state index contributed by atoms with van der Waals surface area (Å²) in [6.45, 7) is 2.76. The average Bonchev–Trinajstić information content (AvgIpc) is 2.86. The summed E-state index contributed by atoms with van der Waals surface area (Å²) in [6, 6.07) is 11.8. The van der Waals surface area contributed by atoms with Crippen molar-refractivity contribution in [1.29, 1.82) is 0 Å². The lowest BCUT2D eigenvalue weighted by molar-refractivity contribution is -0.139. The van der Waals surface area contributed by atoms with Crippen LogP contribution in [0.3, 0.4) is 0 Å². The van der Waals surface area contributed by atoms with E-state index in [1.165, 1.54) is 6.21 Å². The fourth-order valence-electron chi connectivity index (χ4n) is 2.72. The number of hydrogen-bond donors (Lipinski definition) is 3. The van der Waals surface area contributed by atoms with Gasteiger partial charge in [-0.2, -0.15) is 5.10 Å². The molecule has 0 unspecified atom stereocenters. The number of carbonyl (C=O) groups is 3. The molecule has 0 aliphatic rings. The number of carbonyl (C=O) groups excluding carboxylic acids is 3. The van der Waals surface area contributed by atoms with Gasteiger partial charge in [-0.25, -0.2) is 5.43 Å². The van der Waals surface area contributed by atoms with Crippen LogP contribution in [-0.2, 0) is 19.1 Å². The Kier molecular flexibility index (Phi) is 11.6. The summed E-state index contributed by atoms with van der Waals surface area (Å²) in [5, 5.41) is 8.99. The van der Waals surface area contributed by atoms with Gasteiger partial charge in [0.1, 0.15) is 5.75 Å². The minimum atomic E-state index is -0.883. The van der Waals surface area contributed by atoms with E-state index in [1.807, 2.05) is 6.92 Å². The Morgan fingerprint density at radius 1 is 0.971 bits per heavy atom. The Bertz CT molecular complexity index is 1010. The van der Waals surface area contributed by atoms with Gasteiger partial charge in [0, 0.05) is 25.9 Å². The Morgan fingerprint density at radius 2 is 1.74 bits per heavy atom. The Labute approximate surface area is 203 Å². The molecule has 2 aromatic rings. The van der Waals surface area contributed by atoms with Gasteiger partial charge in [-0.1, -0.05) is 0 Å². The third-order valence-electron chi connectivity index (χ3n) is 4.40. The zero-order chi connectivity index (χ0) is 25.5. The van der Waals surface area contributed by atoms with Gasteiger partial charge >= 0.3 is 11.8 Å². The molecule has 0 fully saturated rings. The lowest BCUT2D eigenvalue weighted by Crippen LogP contribution is -2.38. The van der Waals surface area contributed by atoms with E-state index in [0.717, 1.165) is 0 Å². The van der Waals surface area contributed by atoms with Crippen molar-refractivity contribution in [2.45, 2.75) is 13.3 Å². The summed E-state index contributed by atoms with van der Waals surface area (Å²) in [5.41, 5.74) is 3.36. The van der Waals surface area contributed by atoms with Crippen molar-refractivity contribution in [3.05, 3.63) is 48.0 Å². The molecule has 2 rings (SSSR count). The molecule has 0 aromatic heterocycles. The SMILES string of the molecule is CCOc1cc(/C=N\NC(=O)C(=O)NCCCOC)ccc1OCC(=O)Nc1ccc(OC)cc1. The predicted molar refractivity (Wildman–Crippen MR) is 130 cm³/mol. The molecule has 2 aromatic carbocycles. The van der Waals surface area contributed by atoms with Crippen molar-refractivity contribution < 1.29 is 33.3 Å². The Hall–Kier alpha value is -4.12. The highest BCUT2D eigenvalue weighted by Crippen LogP contribution is 2.28. The van der Waals surface area contributed by atoms with Crippen molar-refractivity contribution >= 4 is 29.6 Å². The highest BCUT2D eigenvalue weighted by atomic mass is 16.5. The number of rotatable bonds is 13. The van der Waals surface area contributed by atoms with E-state index in [4.69, 9.17) is 18.9 Å². The van der Waals surface area contributed by atoms with Crippen LogP contribution in [0.5, 0.6) is 17.2 Å². The number of anilines is 1. The van der Waals surface area contributed by atoms with E-state index < -0.39 is 11.8 Å². The second-order valence-corrected chi connectivity index (χ2v) is 7.01. The fraction of sp³-hybridized carbons (Fsp3) is 0.333. The quantitative estimate of drug-likeness (QED) is 0.170. The number of hydrazone groups is 1. The van der Waals surface area contributed by atoms with Crippen LogP contribution >= 0.6 is 0 Å². The van der Waals surface area contributed by atoms with Gasteiger partial charge in [-0.05, 0) is 61.4 Å². The maximum atomic E-state index is 12.2. The van der Waals surface area contributed by atoms with Gasteiger partial charge in [-0.3, -0.25) is 14.4 Å². The zero-order valence-electron chi connectivity index (χ0n) is 20.0. The van der Waals surface area contributed by atoms with Crippen LogP contribution in [0.4, 0.5) is 5.69 Å². The number of hydrogen-bond acceptors (Lipinski definition) is 8. The fourth-order valence-corrected chi connectivity index (χ4v) is 2.72. The monoisotopic (exact) mass is 486 g/mol. The van der Waals surface area contributed by atoms with Gasteiger partial charge in [0.05, 0.1) is 19.9 Å². The van der Waals surface area contributed by atoms with E-state index >= 15 is 0 Å². The molecule has 0 heterocycles. The molecule has 188 valence electrons. The second-order valence-electron chi connectivity index (χ2n) is 7.01. The van der Waals surface area contributed by atoms with E-state index in [0.29, 0.717) is 54.7 Å². The van der Waals surface area contributed by atoms with Crippen molar-refractivity contribution in [1.82, 2.24) is 10.7 Å². The summed E-state index contributed by atoms with van der Waals surface area (Å²) in [4.78, 5) is 35.7. The Balaban J connectivity index is 1.89. The molecule has 0 aliphatic heterocycles. The second kappa shape index (κ2) is 14.9. The first-order chi connectivity index (χ1) is 17.0. The number of amides is 3. The first-order valence-corrected chi connectivity index (χ1v) is 10.9. The van der Waals surface area contributed by atoms with Crippen LogP contribution in [0, 0.1) is 0 Å². The van der Waals surface area contributed by atoms with E-state index in [-0.39, 0.29) is 12.5 Å². The molecule has 0 radical (unpaired) electrons. The number of methoxy groups -OCH3 is 2. The van der Waals surface area contributed by atoms with Crippen LogP contribution in [0.25, 0.3) is 0 Å². The normalized spacial score (nSPS) is 10.5. The molecule has 3 amide bonds. The molecule has 11 nitrogen and oxygen atoms in total. The summed E-state index contributed by atoms with van der Waals surface area (Å²) in [6.07, 6.45) is 1.95. The third-order valence-corrected chi connectivity index (χ3v) is 4.40. The molecule has 0 aliphatic carbocycles. The molecule has 3 N–H and O–H groups in total. The van der Waals surface area contributed by atoms with E-state index in [2.05, 4.69) is 21.2 Å². The standard InChI is InChI=1S/C24H30N4O7/c1-4-34-21-14-17(15-26-28-24(31)23(30)25-12-5-13-32-2)6-11-20(21)35-16-22(29)27-18-7-9-19(33-3)10-8-18/h6-11,14-15H,4-5,12-13,16H2,1-3H3,(H,25,30)(H,27,29)(H,28,31)/b26-15-. The molecular weight excluding hydrogens is 456 g/mol. The lowest BCUT2D eigenvalue weighted by Gasteiger charge is -2.13. The molecule has 0 saturated heterocycles. The van der Waals surface area contributed by atoms with Crippen LogP contribution < -0.4 is 30.3 Å². The van der Waals surface area contributed by atoms with Crippen molar-refractivity contribution in [2.75, 3.05) is 45.9 Å². The predicted octanol–water partition coefficient (Wildman–Crippen LogP) is 1.71. The van der Waals surface area contributed by atoms with Crippen LogP contribution in [-0.4, -0.2) is 64.5 Å². The first-order valence-electron chi connectivity index (χ1n) is 10.9. The molecule has 0 spiro atoms. The number of nitrogens with zero attached hydrogens (tertiary/aromatic N) is 1. The van der Waals surface area contributed by atoms with E-state index in [1.54, 1.807) is 56.7 Å². The molecule has 0 bridgehead atoms. The van der Waals surface area contributed by atoms with Gasteiger partial charge in [0.15, 0.2) is 18.1 Å². The number of nitrogens with one attached hydrogen (secondary N) is 3. The lowest BCUT2D eigenvalue weighted by atomic mass is 10.2. The van der Waals surface area contributed by atoms with Crippen LogP contribution in [0.1, 0.15) is 18.9 Å². The first kappa shape index (κ1) is 27.1. The molecular formula is C24H30N4O7. The van der Waals surface area contributed by atoms with Gasteiger partial charge in [0.2, 0.25) is 0 Å². The van der Waals surface area contributed by atoms with Crippen molar-refractivity contribution in [2.24, 2.45) is 5.10 Å². The minimum Gasteiger partial charge on any atom is -0.497 e. The molecule has 0 atom stereocenters. The Morgan fingerprint density at radius 3 is 2.43 bits per heavy atom. The molecule has 0 saturated carbocycles. The summed E-state index contributed by atoms with van der Waals surface area (Å²) >= 11 is 0. The average molecular weight is 487 g/mol. The highest BCUT2D eigenvalue weighted by Gasteiger charge is 2.12. The highest BCUT2D eigenvalue weighted by molar-refractivity contribution is 6.35. The number of ether oxygens (including phenoxy) is 4. The zero-order valence-corrected chi connectivity index (χ0v) is 20.0. The van der Waals surface area contributed by atoms with Gasteiger partial charge in [0.25, 0.3) is 5.91 Å². The minimum absolute atomic E-state index is 0.227. The summed E-state index contributed by atoms with van der Waals surface area (Å²) in [5.74, 6) is -0.558. The maximum Gasteiger partial charge on any atom is 0.329 e. The van der Waals surface area contributed by atoms with Crippen LogP contribution in [0.2, 0.25) is 0 Å². The molecule has 11 heteroatoms. The maximum absolute atomic E-state index is 12.2. The summed E-state index contributed by atoms with van der Waals surface area (Å²) in [7, 11) is 3.12.